The van der Waals surface area contributed by atoms with Crippen LogP contribution in [-0.4, -0.2) is 64.5 Å². The van der Waals surface area contributed by atoms with Gasteiger partial charge in [0.15, 0.2) is 0 Å². The third-order valence-electron chi connectivity index (χ3n) is 5.72. The standard InChI is InChI=1S/C26H37N3O5S/c1-5-18-11-9-10-14-20(18)22(23(31)27-19-12-7-6-8-13-19)29(15-16-30)24(32)21(17-35)28-25(33)34-26(2,3)4/h1,9-11,14,19,21-22,30,35H,6-8,12-13,15-17H2,2-4H3,(H,27,31)(H,28,33). The molecule has 9 heteroatoms. The fourth-order valence-electron chi connectivity index (χ4n) is 4.15. The van der Waals surface area contributed by atoms with Crippen LogP contribution in [0.1, 0.15) is 70.0 Å². The minimum Gasteiger partial charge on any atom is -0.444 e. The summed E-state index contributed by atoms with van der Waals surface area (Å²) in [6.45, 7) is 4.61. The van der Waals surface area contributed by atoms with Crippen LogP contribution in [0, 0.1) is 12.3 Å². The molecular formula is C26H37N3O5S. The summed E-state index contributed by atoms with van der Waals surface area (Å²) >= 11 is 4.24. The molecule has 1 aliphatic rings. The summed E-state index contributed by atoms with van der Waals surface area (Å²) in [5, 5.41) is 15.4. The highest BCUT2D eigenvalue weighted by atomic mass is 32.1. The van der Waals surface area contributed by atoms with Crippen LogP contribution >= 0.6 is 12.6 Å². The van der Waals surface area contributed by atoms with Crippen molar-refractivity contribution >= 4 is 30.5 Å². The molecule has 2 rings (SSSR count). The van der Waals surface area contributed by atoms with Gasteiger partial charge in [-0.05, 0) is 45.2 Å². The van der Waals surface area contributed by atoms with Gasteiger partial charge >= 0.3 is 6.09 Å². The number of benzene rings is 1. The lowest BCUT2D eigenvalue weighted by Crippen LogP contribution is -2.55. The van der Waals surface area contributed by atoms with Gasteiger partial charge < -0.3 is 25.4 Å². The molecule has 192 valence electrons. The van der Waals surface area contributed by atoms with E-state index >= 15 is 0 Å². The highest BCUT2D eigenvalue weighted by Crippen LogP contribution is 2.27. The van der Waals surface area contributed by atoms with E-state index in [1.54, 1.807) is 45.0 Å². The predicted octanol–water partition coefficient (Wildman–Crippen LogP) is 2.80. The van der Waals surface area contributed by atoms with Crippen LogP contribution in [0.3, 0.4) is 0 Å². The van der Waals surface area contributed by atoms with Gasteiger partial charge in [0.05, 0.1) is 6.61 Å². The Balaban J connectivity index is 2.41. The van der Waals surface area contributed by atoms with Crippen molar-refractivity contribution in [3.05, 3.63) is 35.4 Å². The number of carbonyl (C=O) groups excluding carboxylic acids is 3. The Labute approximate surface area is 213 Å². The summed E-state index contributed by atoms with van der Waals surface area (Å²) in [7, 11) is 0. The molecule has 0 saturated heterocycles. The Kier molecular flexibility index (Phi) is 10.9. The molecule has 0 aliphatic heterocycles. The topological polar surface area (TPSA) is 108 Å². The second-order valence-electron chi connectivity index (χ2n) is 9.61. The van der Waals surface area contributed by atoms with Crippen molar-refractivity contribution in [2.75, 3.05) is 18.9 Å². The van der Waals surface area contributed by atoms with Crippen molar-refractivity contribution in [2.24, 2.45) is 0 Å². The zero-order valence-corrected chi connectivity index (χ0v) is 21.6. The van der Waals surface area contributed by atoms with E-state index in [9.17, 15) is 19.5 Å². The zero-order valence-electron chi connectivity index (χ0n) is 20.8. The van der Waals surface area contributed by atoms with E-state index in [0.717, 1.165) is 32.1 Å². The van der Waals surface area contributed by atoms with Gasteiger partial charge in [-0.1, -0.05) is 43.4 Å². The minimum absolute atomic E-state index is 0.00314. The first kappa shape index (κ1) is 28.5. The first-order valence-corrected chi connectivity index (χ1v) is 12.6. The number of nitrogens with zero attached hydrogens (tertiary/aromatic N) is 1. The van der Waals surface area contributed by atoms with Crippen LogP contribution < -0.4 is 10.6 Å². The zero-order chi connectivity index (χ0) is 26.0. The summed E-state index contributed by atoms with van der Waals surface area (Å²) in [6, 6.07) is 4.74. The number of ether oxygens (including phenoxy) is 1. The van der Waals surface area contributed by atoms with E-state index in [1.165, 1.54) is 4.90 Å². The summed E-state index contributed by atoms with van der Waals surface area (Å²) in [5.41, 5.74) is 0.183. The number of thiol groups is 1. The predicted molar refractivity (Wildman–Crippen MR) is 138 cm³/mol. The number of terminal acetylenes is 1. The van der Waals surface area contributed by atoms with Crippen molar-refractivity contribution in [1.82, 2.24) is 15.5 Å². The number of amides is 3. The number of aliphatic hydroxyl groups is 1. The third-order valence-corrected chi connectivity index (χ3v) is 6.08. The van der Waals surface area contributed by atoms with Gasteiger partial charge in [0, 0.05) is 23.9 Å². The highest BCUT2D eigenvalue weighted by molar-refractivity contribution is 7.80. The molecule has 2 unspecified atom stereocenters. The fourth-order valence-corrected chi connectivity index (χ4v) is 4.40. The molecule has 3 N–H and O–H groups in total. The smallest absolute Gasteiger partial charge is 0.408 e. The summed E-state index contributed by atoms with van der Waals surface area (Å²) < 4.78 is 5.28. The van der Waals surface area contributed by atoms with Crippen molar-refractivity contribution < 1.29 is 24.2 Å². The lowest BCUT2D eigenvalue weighted by molar-refractivity contribution is -0.143. The van der Waals surface area contributed by atoms with Gasteiger partial charge in [-0.15, -0.1) is 6.42 Å². The Hall–Kier alpha value is -2.70. The molecule has 8 nitrogen and oxygen atoms in total. The van der Waals surface area contributed by atoms with Crippen molar-refractivity contribution in [1.29, 1.82) is 0 Å². The van der Waals surface area contributed by atoms with Crippen molar-refractivity contribution in [2.45, 2.75) is 76.6 Å². The van der Waals surface area contributed by atoms with Gasteiger partial charge in [0.1, 0.15) is 17.7 Å². The second-order valence-corrected chi connectivity index (χ2v) is 9.98. The maximum Gasteiger partial charge on any atom is 0.408 e. The van der Waals surface area contributed by atoms with Gasteiger partial charge in [-0.25, -0.2) is 4.79 Å². The van der Waals surface area contributed by atoms with Crippen LogP contribution in [0.15, 0.2) is 24.3 Å². The number of rotatable bonds is 9. The lowest BCUT2D eigenvalue weighted by Gasteiger charge is -2.35. The van der Waals surface area contributed by atoms with E-state index in [4.69, 9.17) is 11.2 Å². The Morgan fingerprint density at radius 3 is 2.46 bits per heavy atom. The molecule has 1 aromatic carbocycles. The summed E-state index contributed by atoms with van der Waals surface area (Å²) in [5.74, 6) is 1.60. The molecule has 0 spiro atoms. The number of carbonyl (C=O) groups is 3. The van der Waals surface area contributed by atoms with Gasteiger partial charge in [-0.3, -0.25) is 9.59 Å². The second kappa shape index (κ2) is 13.4. The lowest BCUT2D eigenvalue weighted by atomic mass is 9.93. The quantitative estimate of drug-likeness (QED) is 0.306. The largest absolute Gasteiger partial charge is 0.444 e. The summed E-state index contributed by atoms with van der Waals surface area (Å²) in [4.78, 5) is 40.9. The van der Waals surface area contributed by atoms with Crippen LogP contribution in [-0.2, 0) is 14.3 Å². The maximum absolute atomic E-state index is 13.6. The molecule has 35 heavy (non-hydrogen) atoms. The van der Waals surface area contributed by atoms with Crippen LogP contribution in [0.4, 0.5) is 4.79 Å². The van der Waals surface area contributed by atoms with Crippen molar-refractivity contribution in [3.8, 4) is 12.3 Å². The highest BCUT2D eigenvalue weighted by Gasteiger charge is 2.37. The van der Waals surface area contributed by atoms with E-state index in [1.807, 2.05) is 0 Å². The molecule has 0 heterocycles. The van der Waals surface area contributed by atoms with E-state index in [0.29, 0.717) is 11.1 Å². The Morgan fingerprint density at radius 1 is 1.23 bits per heavy atom. The molecule has 0 aromatic heterocycles. The molecular weight excluding hydrogens is 466 g/mol. The molecule has 1 fully saturated rings. The van der Waals surface area contributed by atoms with Gasteiger partial charge in [0.2, 0.25) is 11.8 Å². The number of hydrogen-bond acceptors (Lipinski definition) is 6. The molecule has 0 radical (unpaired) electrons. The van der Waals surface area contributed by atoms with Gasteiger partial charge in [-0.2, -0.15) is 12.6 Å². The molecule has 1 saturated carbocycles. The monoisotopic (exact) mass is 503 g/mol. The molecule has 1 aliphatic carbocycles. The molecule has 2 atom stereocenters. The Morgan fingerprint density at radius 2 is 1.89 bits per heavy atom. The van der Waals surface area contributed by atoms with Gasteiger partial charge in [0.25, 0.3) is 0 Å². The van der Waals surface area contributed by atoms with Crippen molar-refractivity contribution in [3.63, 3.8) is 0 Å². The first-order valence-electron chi connectivity index (χ1n) is 12.0. The van der Waals surface area contributed by atoms with Crippen LogP contribution in [0.2, 0.25) is 0 Å². The van der Waals surface area contributed by atoms with E-state index in [-0.39, 0.29) is 30.9 Å². The van der Waals surface area contributed by atoms with Crippen LogP contribution in [0.5, 0.6) is 0 Å². The number of nitrogens with one attached hydrogen (secondary N) is 2. The minimum atomic E-state index is -1.09. The number of hydrogen-bond donors (Lipinski definition) is 4. The van der Waals surface area contributed by atoms with Crippen LogP contribution in [0.25, 0.3) is 0 Å². The average molecular weight is 504 g/mol. The first-order chi connectivity index (χ1) is 16.6. The van der Waals surface area contributed by atoms with E-state index < -0.39 is 29.7 Å². The number of alkyl carbamates (subject to hydrolysis) is 1. The fraction of sp³-hybridized carbons (Fsp3) is 0.577. The SMILES string of the molecule is C#Cc1ccccc1C(C(=O)NC1CCCCC1)N(CCO)C(=O)C(CS)NC(=O)OC(C)(C)C. The Bertz CT molecular complexity index is 918. The number of aliphatic hydroxyl groups excluding tert-OH is 1. The third kappa shape index (κ3) is 8.48. The molecule has 3 amide bonds. The average Bonchev–Trinajstić information content (AvgIpc) is 2.81. The van der Waals surface area contributed by atoms with E-state index in [2.05, 4.69) is 29.2 Å². The molecule has 1 aromatic rings. The normalized spacial score (nSPS) is 15.9. The summed E-state index contributed by atoms with van der Waals surface area (Å²) in [6.07, 6.45) is 9.84. The molecule has 0 bridgehead atoms. The maximum atomic E-state index is 13.6.